The van der Waals surface area contributed by atoms with Crippen LogP contribution in [0.25, 0.3) is 0 Å². The SMILES string of the molecule is [CH](Cc1ccccc1)CN1CCOCC1. The third-order valence-corrected chi connectivity index (χ3v) is 2.71. The van der Waals surface area contributed by atoms with Gasteiger partial charge in [-0.15, -0.1) is 0 Å². The van der Waals surface area contributed by atoms with Crippen molar-refractivity contribution in [1.29, 1.82) is 0 Å². The van der Waals surface area contributed by atoms with Gasteiger partial charge in [0.15, 0.2) is 0 Å². The van der Waals surface area contributed by atoms with E-state index in [9.17, 15) is 0 Å². The molecule has 0 unspecified atom stereocenters. The normalized spacial score (nSPS) is 17.9. The molecule has 2 nitrogen and oxygen atoms in total. The molecule has 2 rings (SSSR count). The van der Waals surface area contributed by atoms with Crippen molar-refractivity contribution in [2.45, 2.75) is 6.42 Å². The van der Waals surface area contributed by atoms with E-state index in [1.54, 1.807) is 0 Å². The fraction of sp³-hybridized carbons (Fsp3) is 0.462. The summed E-state index contributed by atoms with van der Waals surface area (Å²) >= 11 is 0. The highest BCUT2D eigenvalue weighted by Gasteiger charge is 2.09. The van der Waals surface area contributed by atoms with Gasteiger partial charge in [-0.3, -0.25) is 4.90 Å². The lowest BCUT2D eigenvalue weighted by atomic mass is 10.1. The van der Waals surface area contributed by atoms with Gasteiger partial charge in [-0.25, -0.2) is 0 Å². The van der Waals surface area contributed by atoms with Crippen molar-refractivity contribution in [1.82, 2.24) is 4.90 Å². The van der Waals surface area contributed by atoms with Crippen molar-refractivity contribution < 1.29 is 4.74 Å². The Morgan fingerprint density at radius 1 is 1.13 bits per heavy atom. The van der Waals surface area contributed by atoms with Crippen LogP contribution in [0.1, 0.15) is 5.56 Å². The van der Waals surface area contributed by atoms with Gasteiger partial charge in [0.2, 0.25) is 0 Å². The van der Waals surface area contributed by atoms with Gasteiger partial charge in [0, 0.05) is 19.6 Å². The molecule has 1 heterocycles. The van der Waals surface area contributed by atoms with Gasteiger partial charge >= 0.3 is 0 Å². The lowest BCUT2D eigenvalue weighted by Crippen LogP contribution is -2.37. The van der Waals surface area contributed by atoms with Crippen LogP contribution in [0.4, 0.5) is 0 Å². The molecule has 0 N–H and O–H groups in total. The second-order valence-electron chi connectivity index (χ2n) is 3.89. The van der Waals surface area contributed by atoms with Gasteiger partial charge in [-0.2, -0.15) is 0 Å². The van der Waals surface area contributed by atoms with Gasteiger partial charge in [-0.1, -0.05) is 30.3 Å². The lowest BCUT2D eigenvalue weighted by Gasteiger charge is -2.26. The summed E-state index contributed by atoms with van der Waals surface area (Å²) in [5.74, 6) is 0. The first kappa shape index (κ1) is 10.7. The molecule has 1 fully saturated rings. The van der Waals surface area contributed by atoms with E-state index in [1.165, 1.54) is 5.56 Å². The molecule has 0 saturated carbocycles. The molecule has 2 heteroatoms. The molecule has 0 bridgehead atoms. The van der Waals surface area contributed by atoms with E-state index in [2.05, 4.69) is 41.7 Å². The van der Waals surface area contributed by atoms with Gasteiger partial charge < -0.3 is 4.74 Å². The number of benzene rings is 1. The summed E-state index contributed by atoms with van der Waals surface area (Å²) in [4.78, 5) is 2.44. The first-order valence-electron chi connectivity index (χ1n) is 5.61. The maximum atomic E-state index is 5.31. The summed E-state index contributed by atoms with van der Waals surface area (Å²) in [7, 11) is 0. The molecule has 1 aromatic rings. The van der Waals surface area contributed by atoms with Gasteiger partial charge in [0.05, 0.1) is 13.2 Å². The van der Waals surface area contributed by atoms with Crippen LogP contribution in [-0.4, -0.2) is 37.7 Å². The van der Waals surface area contributed by atoms with Crippen LogP contribution in [0.3, 0.4) is 0 Å². The van der Waals surface area contributed by atoms with Crippen LogP contribution >= 0.6 is 0 Å². The van der Waals surface area contributed by atoms with Crippen molar-refractivity contribution in [2.24, 2.45) is 0 Å². The van der Waals surface area contributed by atoms with E-state index in [1.807, 2.05) is 0 Å². The zero-order valence-corrected chi connectivity index (χ0v) is 9.06. The molecule has 81 valence electrons. The highest BCUT2D eigenvalue weighted by Crippen LogP contribution is 2.04. The van der Waals surface area contributed by atoms with E-state index < -0.39 is 0 Å². The van der Waals surface area contributed by atoms with Crippen molar-refractivity contribution in [3.8, 4) is 0 Å². The maximum Gasteiger partial charge on any atom is 0.0594 e. The average Bonchev–Trinajstić information content (AvgIpc) is 2.32. The van der Waals surface area contributed by atoms with Crippen LogP contribution in [0.15, 0.2) is 30.3 Å². The van der Waals surface area contributed by atoms with Crippen LogP contribution in [0.5, 0.6) is 0 Å². The molecule has 15 heavy (non-hydrogen) atoms. The number of morpholine rings is 1. The Morgan fingerprint density at radius 3 is 2.60 bits per heavy atom. The second kappa shape index (κ2) is 5.89. The summed E-state index contributed by atoms with van der Waals surface area (Å²) in [6.45, 7) is 5.01. The molecule has 1 aliphatic heterocycles. The minimum absolute atomic E-state index is 0.888. The number of nitrogens with zero attached hydrogens (tertiary/aromatic N) is 1. The predicted octanol–water partition coefficient (Wildman–Crippen LogP) is 1.77. The van der Waals surface area contributed by atoms with Crippen molar-refractivity contribution >= 4 is 0 Å². The molecular weight excluding hydrogens is 186 g/mol. The number of hydrogen-bond acceptors (Lipinski definition) is 2. The molecule has 0 amide bonds. The predicted molar refractivity (Wildman–Crippen MR) is 61.7 cm³/mol. The first-order valence-corrected chi connectivity index (χ1v) is 5.61. The van der Waals surface area contributed by atoms with Crippen LogP contribution < -0.4 is 0 Å². The van der Waals surface area contributed by atoms with E-state index in [-0.39, 0.29) is 0 Å². The fourth-order valence-corrected chi connectivity index (χ4v) is 1.81. The first-order chi connectivity index (χ1) is 7.45. The summed E-state index contributed by atoms with van der Waals surface area (Å²) in [5, 5.41) is 0. The zero-order chi connectivity index (χ0) is 10.3. The summed E-state index contributed by atoms with van der Waals surface area (Å²) in [6, 6.07) is 10.6. The maximum absolute atomic E-state index is 5.31. The molecular formula is C13H18NO. The number of rotatable bonds is 4. The Hall–Kier alpha value is -0.860. The monoisotopic (exact) mass is 204 g/mol. The largest absolute Gasteiger partial charge is 0.379 e. The third kappa shape index (κ3) is 3.65. The summed E-state index contributed by atoms with van der Waals surface area (Å²) < 4.78 is 5.31. The van der Waals surface area contributed by atoms with Crippen LogP contribution in [0.2, 0.25) is 0 Å². The summed E-state index contributed by atoms with van der Waals surface area (Å²) in [5.41, 5.74) is 1.39. The molecule has 0 aromatic heterocycles. The highest BCUT2D eigenvalue weighted by molar-refractivity contribution is 5.16. The number of hydrogen-bond donors (Lipinski definition) is 0. The molecule has 0 spiro atoms. The summed E-state index contributed by atoms with van der Waals surface area (Å²) in [6.07, 6.45) is 3.42. The Balaban J connectivity index is 1.66. The smallest absolute Gasteiger partial charge is 0.0594 e. The Morgan fingerprint density at radius 2 is 1.87 bits per heavy atom. The van der Waals surface area contributed by atoms with E-state index >= 15 is 0 Å². The fourth-order valence-electron chi connectivity index (χ4n) is 1.81. The van der Waals surface area contributed by atoms with Crippen molar-refractivity contribution in [3.05, 3.63) is 42.3 Å². The molecule has 1 radical (unpaired) electrons. The average molecular weight is 204 g/mol. The van der Waals surface area contributed by atoms with E-state index in [0.29, 0.717) is 0 Å². The molecule has 0 aliphatic carbocycles. The Kier molecular flexibility index (Phi) is 4.18. The van der Waals surface area contributed by atoms with Crippen LogP contribution in [-0.2, 0) is 11.2 Å². The Bertz CT molecular complexity index is 267. The topological polar surface area (TPSA) is 12.5 Å². The zero-order valence-electron chi connectivity index (χ0n) is 9.06. The third-order valence-electron chi connectivity index (χ3n) is 2.71. The minimum Gasteiger partial charge on any atom is -0.379 e. The van der Waals surface area contributed by atoms with Gasteiger partial charge in [0.1, 0.15) is 0 Å². The standard InChI is InChI=1S/C13H18NO/c1-2-5-13(6-3-1)7-4-8-14-9-11-15-12-10-14/h1-6H,7-12H2. The van der Waals surface area contributed by atoms with Crippen molar-refractivity contribution in [2.75, 3.05) is 32.8 Å². The quantitative estimate of drug-likeness (QED) is 0.741. The van der Waals surface area contributed by atoms with E-state index in [0.717, 1.165) is 39.3 Å². The molecule has 1 saturated heterocycles. The number of ether oxygens (including phenoxy) is 1. The molecule has 0 atom stereocenters. The van der Waals surface area contributed by atoms with E-state index in [4.69, 9.17) is 4.74 Å². The highest BCUT2D eigenvalue weighted by atomic mass is 16.5. The Labute approximate surface area is 91.9 Å². The lowest BCUT2D eigenvalue weighted by molar-refractivity contribution is 0.0416. The van der Waals surface area contributed by atoms with Crippen molar-refractivity contribution in [3.63, 3.8) is 0 Å². The van der Waals surface area contributed by atoms with Crippen LogP contribution in [0, 0.1) is 6.42 Å². The van der Waals surface area contributed by atoms with Gasteiger partial charge in [0.25, 0.3) is 0 Å². The minimum atomic E-state index is 0.888. The molecule has 1 aliphatic rings. The second-order valence-corrected chi connectivity index (χ2v) is 3.89. The molecule has 1 aromatic carbocycles. The van der Waals surface area contributed by atoms with Gasteiger partial charge in [-0.05, 0) is 18.4 Å².